The van der Waals surface area contributed by atoms with Crippen molar-refractivity contribution < 1.29 is 18.7 Å². The molecule has 2 fully saturated rings. The van der Waals surface area contributed by atoms with E-state index in [1.54, 1.807) is 28.8 Å². The van der Waals surface area contributed by atoms with Crippen molar-refractivity contribution in [2.24, 2.45) is 0 Å². The van der Waals surface area contributed by atoms with Gasteiger partial charge < -0.3 is 15.0 Å². The summed E-state index contributed by atoms with van der Waals surface area (Å²) in [5.41, 5.74) is 0.525. The van der Waals surface area contributed by atoms with Crippen molar-refractivity contribution >= 4 is 29.3 Å². The molecule has 0 radical (unpaired) electrons. The van der Waals surface area contributed by atoms with Crippen molar-refractivity contribution in [2.75, 3.05) is 11.1 Å². The highest BCUT2D eigenvalue weighted by Crippen LogP contribution is 2.47. The van der Waals surface area contributed by atoms with Gasteiger partial charge in [-0.25, -0.2) is 9.37 Å². The highest BCUT2D eigenvalue weighted by Gasteiger charge is 2.52. The van der Waals surface area contributed by atoms with Gasteiger partial charge in [-0.2, -0.15) is 0 Å². The summed E-state index contributed by atoms with van der Waals surface area (Å²) in [7, 11) is 0. The SMILES string of the molecule is C[C@]12CCC(=O)N1[C@@H](C(=O)Nc1ccc(Oc3ccc(F)cc3)nc1)CS2. The fourth-order valence-corrected chi connectivity index (χ4v) is 4.81. The number of hydrogen-bond donors (Lipinski definition) is 1. The maximum Gasteiger partial charge on any atom is 0.248 e. The molecule has 0 bridgehead atoms. The molecule has 8 heteroatoms. The lowest BCUT2D eigenvalue weighted by atomic mass is 10.2. The molecule has 6 nitrogen and oxygen atoms in total. The molecule has 2 aliphatic heterocycles. The molecule has 2 aliphatic rings. The van der Waals surface area contributed by atoms with E-state index in [2.05, 4.69) is 10.3 Å². The minimum Gasteiger partial charge on any atom is -0.439 e. The molecule has 1 aromatic heterocycles. The maximum atomic E-state index is 12.9. The molecule has 0 saturated carbocycles. The number of carbonyl (C=O) groups is 2. The summed E-state index contributed by atoms with van der Waals surface area (Å²) in [6.45, 7) is 2.01. The predicted molar refractivity (Wildman–Crippen MR) is 100 cm³/mol. The lowest BCUT2D eigenvalue weighted by Gasteiger charge is -2.29. The summed E-state index contributed by atoms with van der Waals surface area (Å²) < 4.78 is 18.5. The van der Waals surface area contributed by atoms with E-state index >= 15 is 0 Å². The monoisotopic (exact) mass is 387 g/mol. The number of thioether (sulfide) groups is 1. The second-order valence-corrected chi connectivity index (χ2v) is 8.20. The van der Waals surface area contributed by atoms with Crippen molar-refractivity contribution in [3.05, 3.63) is 48.4 Å². The topological polar surface area (TPSA) is 71.5 Å². The normalized spacial score (nSPS) is 24.0. The number of benzene rings is 1. The van der Waals surface area contributed by atoms with E-state index in [0.29, 0.717) is 29.5 Å². The number of anilines is 1. The molecule has 27 heavy (non-hydrogen) atoms. The molecule has 2 amide bonds. The molecule has 0 aliphatic carbocycles. The van der Waals surface area contributed by atoms with Crippen LogP contribution in [0.25, 0.3) is 0 Å². The van der Waals surface area contributed by atoms with Gasteiger partial charge in [0.25, 0.3) is 0 Å². The summed E-state index contributed by atoms with van der Waals surface area (Å²) in [6.07, 6.45) is 2.76. The Morgan fingerprint density at radius 1 is 1.33 bits per heavy atom. The zero-order chi connectivity index (χ0) is 19.0. The number of rotatable bonds is 4. The Morgan fingerprint density at radius 2 is 2.11 bits per heavy atom. The second-order valence-electron chi connectivity index (χ2n) is 6.70. The van der Waals surface area contributed by atoms with Gasteiger partial charge in [0, 0.05) is 18.2 Å². The van der Waals surface area contributed by atoms with Crippen LogP contribution in [0.5, 0.6) is 11.6 Å². The molecule has 3 heterocycles. The van der Waals surface area contributed by atoms with Crippen LogP contribution < -0.4 is 10.1 Å². The summed E-state index contributed by atoms with van der Waals surface area (Å²) in [6, 6.07) is 8.45. The second kappa shape index (κ2) is 6.84. The van der Waals surface area contributed by atoms with Crippen LogP contribution in [-0.2, 0) is 9.59 Å². The smallest absolute Gasteiger partial charge is 0.248 e. The summed E-state index contributed by atoms with van der Waals surface area (Å²) in [5, 5.41) is 2.82. The molecule has 0 spiro atoms. The quantitative estimate of drug-likeness (QED) is 0.871. The minimum absolute atomic E-state index is 0.0313. The van der Waals surface area contributed by atoms with E-state index in [4.69, 9.17) is 4.74 Å². The number of halogens is 1. The van der Waals surface area contributed by atoms with Crippen molar-refractivity contribution in [3.63, 3.8) is 0 Å². The highest BCUT2D eigenvalue weighted by atomic mass is 32.2. The minimum atomic E-state index is -0.467. The molecular formula is C19H18FN3O3S. The van der Waals surface area contributed by atoms with E-state index in [1.807, 2.05) is 6.92 Å². The van der Waals surface area contributed by atoms with Crippen molar-refractivity contribution in [1.29, 1.82) is 0 Å². The highest BCUT2D eigenvalue weighted by molar-refractivity contribution is 8.01. The van der Waals surface area contributed by atoms with Crippen LogP contribution in [0.2, 0.25) is 0 Å². The summed E-state index contributed by atoms with van der Waals surface area (Å²) in [4.78, 5) is 30.4. The van der Waals surface area contributed by atoms with E-state index in [0.717, 1.165) is 6.42 Å². The van der Waals surface area contributed by atoms with Crippen molar-refractivity contribution in [2.45, 2.75) is 30.7 Å². The Hall–Kier alpha value is -2.61. The van der Waals surface area contributed by atoms with Crippen LogP contribution in [0.1, 0.15) is 19.8 Å². The lowest BCUT2D eigenvalue weighted by Crippen LogP contribution is -2.48. The van der Waals surface area contributed by atoms with Gasteiger partial charge in [0.15, 0.2) is 0 Å². The third-order valence-corrected chi connectivity index (χ3v) is 6.29. The van der Waals surface area contributed by atoms with Gasteiger partial charge in [-0.1, -0.05) is 0 Å². The molecule has 0 unspecified atom stereocenters. The standard InChI is InChI=1S/C19H18FN3O3S/c1-19-9-8-17(24)23(19)15(11-27-19)18(25)22-13-4-7-16(21-10-13)26-14-5-2-12(20)3-6-14/h2-7,10,15H,8-9,11H2,1H3,(H,22,25)/t15-,19+/m1/s1. The first-order valence-electron chi connectivity index (χ1n) is 8.61. The van der Waals surface area contributed by atoms with Crippen LogP contribution in [0, 0.1) is 5.82 Å². The van der Waals surface area contributed by atoms with Crippen LogP contribution in [0.15, 0.2) is 42.6 Å². The number of aromatic nitrogens is 1. The first-order valence-corrected chi connectivity index (χ1v) is 9.60. The van der Waals surface area contributed by atoms with Gasteiger partial charge in [0.2, 0.25) is 17.7 Å². The number of amides is 2. The third-order valence-electron chi connectivity index (χ3n) is 4.79. The fourth-order valence-electron chi connectivity index (χ4n) is 3.38. The summed E-state index contributed by atoms with van der Waals surface area (Å²) >= 11 is 1.65. The number of ether oxygens (including phenoxy) is 1. The van der Waals surface area contributed by atoms with Crippen molar-refractivity contribution in [1.82, 2.24) is 9.88 Å². The number of hydrogen-bond acceptors (Lipinski definition) is 5. The Bertz CT molecular complexity index is 875. The Balaban J connectivity index is 1.40. The molecule has 2 atom stereocenters. The van der Waals surface area contributed by atoms with Crippen LogP contribution in [0.4, 0.5) is 10.1 Å². The molecule has 4 rings (SSSR count). The van der Waals surface area contributed by atoms with Crippen LogP contribution in [-0.4, -0.2) is 38.4 Å². The Labute approximate surface area is 160 Å². The first-order chi connectivity index (χ1) is 12.9. The largest absolute Gasteiger partial charge is 0.439 e. The van der Waals surface area contributed by atoms with E-state index < -0.39 is 6.04 Å². The number of fused-ring (bicyclic) bond motifs is 1. The Morgan fingerprint density at radius 3 is 2.81 bits per heavy atom. The average molecular weight is 387 g/mol. The first kappa shape index (κ1) is 17.8. The fraction of sp³-hybridized carbons (Fsp3) is 0.316. The van der Waals surface area contributed by atoms with Crippen LogP contribution in [0.3, 0.4) is 0 Å². The predicted octanol–water partition coefficient (Wildman–Crippen LogP) is 3.41. The van der Waals surface area contributed by atoms with Gasteiger partial charge in [-0.3, -0.25) is 9.59 Å². The average Bonchev–Trinajstić information content (AvgIpc) is 3.15. The molecule has 2 aromatic rings. The molecule has 140 valence electrons. The molecule has 1 aromatic carbocycles. The summed E-state index contributed by atoms with van der Waals surface area (Å²) in [5.74, 6) is 0.868. The Kier molecular flexibility index (Phi) is 4.51. The maximum absolute atomic E-state index is 12.9. The number of nitrogens with one attached hydrogen (secondary N) is 1. The van der Waals surface area contributed by atoms with E-state index in [1.165, 1.54) is 30.5 Å². The van der Waals surface area contributed by atoms with Gasteiger partial charge in [-0.05, 0) is 43.7 Å². The molecule has 2 saturated heterocycles. The lowest BCUT2D eigenvalue weighted by molar-refractivity contribution is -0.135. The number of carbonyl (C=O) groups excluding carboxylic acids is 2. The van der Waals surface area contributed by atoms with E-state index in [9.17, 15) is 14.0 Å². The molecule has 1 N–H and O–H groups in total. The third kappa shape index (κ3) is 3.49. The van der Waals surface area contributed by atoms with Gasteiger partial charge >= 0.3 is 0 Å². The van der Waals surface area contributed by atoms with E-state index in [-0.39, 0.29) is 22.5 Å². The van der Waals surface area contributed by atoms with Crippen LogP contribution >= 0.6 is 11.8 Å². The molecular weight excluding hydrogens is 369 g/mol. The number of pyridine rings is 1. The zero-order valence-electron chi connectivity index (χ0n) is 14.6. The van der Waals surface area contributed by atoms with Gasteiger partial charge in [0.05, 0.1) is 16.8 Å². The zero-order valence-corrected chi connectivity index (χ0v) is 15.5. The van der Waals surface area contributed by atoms with Crippen molar-refractivity contribution in [3.8, 4) is 11.6 Å². The number of nitrogens with zero attached hydrogens (tertiary/aromatic N) is 2. The van der Waals surface area contributed by atoms with Gasteiger partial charge in [0.1, 0.15) is 17.6 Å². The van der Waals surface area contributed by atoms with Gasteiger partial charge in [-0.15, -0.1) is 11.8 Å².